The summed E-state index contributed by atoms with van der Waals surface area (Å²) in [5, 5.41) is 3.18. The van der Waals surface area contributed by atoms with Crippen molar-refractivity contribution in [2.45, 2.75) is 65.8 Å². The standard InChI is InChI=1S/C27H38N2O5/c1-18-24-21-12-11-20(33-14-10-8-7-9-13-28-5)15-19(21)16-23(27(2,3)4)29(24)17-22(25(18)30)26(31)34-32-6/h11-12,15,17,23,28H,7-10,13-14,16H2,1-6H3. The van der Waals surface area contributed by atoms with E-state index in [-0.39, 0.29) is 22.4 Å². The van der Waals surface area contributed by atoms with Crippen LogP contribution in [0.4, 0.5) is 0 Å². The van der Waals surface area contributed by atoms with Gasteiger partial charge in [0.05, 0.1) is 19.4 Å². The number of hydrogen-bond acceptors (Lipinski definition) is 6. The van der Waals surface area contributed by atoms with E-state index in [1.165, 1.54) is 20.0 Å². The van der Waals surface area contributed by atoms with E-state index in [0.717, 1.165) is 48.4 Å². The molecule has 0 aliphatic carbocycles. The van der Waals surface area contributed by atoms with Crippen LogP contribution in [0, 0.1) is 12.3 Å². The Kier molecular flexibility index (Phi) is 8.55. The molecule has 3 rings (SSSR count). The molecule has 0 fully saturated rings. The number of fused-ring (bicyclic) bond motifs is 3. The van der Waals surface area contributed by atoms with Gasteiger partial charge in [-0.05, 0) is 69.0 Å². The van der Waals surface area contributed by atoms with Crippen molar-refractivity contribution in [3.63, 3.8) is 0 Å². The third-order valence-corrected chi connectivity index (χ3v) is 6.52. The number of carbonyl (C=O) groups excluding carboxylic acids is 1. The number of ether oxygens (including phenoxy) is 1. The lowest BCUT2D eigenvalue weighted by molar-refractivity contribution is -0.216. The predicted molar refractivity (Wildman–Crippen MR) is 133 cm³/mol. The van der Waals surface area contributed by atoms with Gasteiger partial charge in [0.15, 0.2) is 5.43 Å². The van der Waals surface area contributed by atoms with Gasteiger partial charge in [-0.3, -0.25) is 9.68 Å². The maximum Gasteiger partial charge on any atom is 0.378 e. The van der Waals surface area contributed by atoms with Crippen LogP contribution in [0.1, 0.15) is 74.0 Å². The maximum absolute atomic E-state index is 13.1. The quantitative estimate of drug-likeness (QED) is 0.304. The summed E-state index contributed by atoms with van der Waals surface area (Å²) in [4.78, 5) is 34.6. The Morgan fingerprint density at radius 3 is 2.59 bits per heavy atom. The Hall–Kier alpha value is -2.64. The summed E-state index contributed by atoms with van der Waals surface area (Å²) >= 11 is 0. The highest BCUT2D eigenvalue weighted by molar-refractivity contribution is 5.89. The molecule has 1 atom stereocenters. The van der Waals surface area contributed by atoms with E-state index in [1.54, 1.807) is 13.1 Å². The summed E-state index contributed by atoms with van der Waals surface area (Å²) in [5.41, 5.74) is 3.05. The van der Waals surface area contributed by atoms with Crippen molar-refractivity contribution < 1.29 is 19.3 Å². The third kappa shape index (κ3) is 5.70. The molecule has 1 aromatic heterocycles. The molecule has 2 heterocycles. The molecule has 0 spiro atoms. The van der Waals surface area contributed by atoms with Crippen LogP contribution in [0.5, 0.6) is 5.75 Å². The number of aromatic nitrogens is 1. The smallest absolute Gasteiger partial charge is 0.378 e. The van der Waals surface area contributed by atoms with E-state index in [1.807, 2.05) is 19.2 Å². The van der Waals surface area contributed by atoms with Crippen LogP contribution in [-0.2, 0) is 16.2 Å². The monoisotopic (exact) mass is 470 g/mol. The SMILES string of the molecule is CNCCCCCCOc1ccc2c(c1)CC(C(C)(C)C)n1cc(C(=O)OOC)c(=O)c(C)c1-2. The lowest BCUT2D eigenvalue weighted by atomic mass is 9.78. The Morgan fingerprint density at radius 1 is 1.18 bits per heavy atom. The summed E-state index contributed by atoms with van der Waals surface area (Å²) in [6.45, 7) is 10.0. The van der Waals surface area contributed by atoms with Gasteiger partial charge in [-0.15, -0.1) is 0 Å². The predicted octanol–water partition coefficient (Wildman–Crippen LogP) is 4.84. The first kappa shape index (κ1) is 26.0. The number of unbranched alkanes of at least 4 members (excludes halogenated alkanes) is 3. The number of benzene rings is 1. The number of hydrogen-bond donors (Lipinski definition) is 1. The molecule has 1 aliphatic heterocycles. The van der Waals surface area contributed by atoms with E-state index in [9.17, 15) is 9.59 Å². The zero-order chi connectivity index (χ0) is 24.9. The normalized spacial score (nSPS) is 14.9. The van der Waals surface area contributed by atoms with Gasteiger partial charge in [0.25, 0.3) is 0 Å². The number of nitrogens with zero attached hydrogens (tertiary/aromatic N) is 1. The van der Waals surface area contributed by atoms with Crippen molar-refractivity contribution >= 4 is 5.97 Å². The van der Waals surface area contributed by atoms with Crippen LogP contribution in [0.25, 0.3) is 11.3 Å². The molecular weight excluding hydrogens is 432 g/mol. The molecular formula is C27H38N2O5. The fraction of sp³-hybridized carbons (Fsp3) is 0.556. The highest BCUT2D eigenvalue weighted by Gasteiger charge is 2.35. The molecule has 7 nitrogen and oxygen atoms in total. The average Bonchev–Trinajstić information content (AvgIpc) is 2.79. The molecule has 0 amide bonds. The Bertz CT molecular complexity index is 1070. The molecule has 1 N–H and O–H groups in total. The third-order valence-electron chi connectivity index (χ3n) is 6.52. The molecule has 0 bridgehead atoms. The zero-order valence-corrected chi connectivity index (χ0v) is 21.3. The fourth-order valence-electron chi connectivity index (χ4n) is 4.66. The van der Waals surface area contributed by atoms with Crippen molar-refractivity contribution in [3.05, 3.63) is 51.3 Å². The second-order valence-corrected chi connectivity index (χ2v) is 10.1. The number of rotatable bonds is 10. The number of pyridine rings is 1. The van der Waals surface area contributed by atoms with Crippen LogP contribution in [-0.4, -0.2) is 37.8 Å². The summed E-state index contributed by atoms with van der Waals surface area (Å²) in [7, 11) is 3.23. The van der Waals surface area contributed by atoms with Gasteiger partial charge in [0, 0.05) is 23.4 Å². The molecule has 1 unspecified atom stereocenters. The molecule has 0 radical (unpaired) electrons. The molecule has 0 saturated carbocycles. The van der Waals surface area contributed by atoms with E-state index >= 15 is 0 Å². The lowest BCUT2D eigenvalue weighted by Crippen LogP contribution is -2.34. The zero-order valence-electron chi connectivity index (χ0n) is 21.3. The molecule has 2 aromatic rings. The highest BCUT2D eigenvalue weighted by Crippen LogP contribution is 2.44. The lowest BCUT2D eigenvalue weighted by Gasteiger charge is -2.39. The first-order valence-electron chi connectivity index (χ1n) is 12.1. The fourth-order valence-corrected chi connectivity index (χ4v) is 4.66. The van der Waals surface area contributed by atoms with E-state index in [0.29, 0.717) is 12.2 Å². The second kappa shape index (κ2) is 11.2. The molecule has 1 aliphatic rings. The van der Waals surface area contributed by atoms with Gasteiger partial charge in [-0.25, -0.2) is 4.79 Å². The largest absolute Gasteiger partial charge is 0.494 e. The van der Waals surface area contributed by atoms with Crippen molar-refractivity contribution in [2.75, 3.05) is 27.3 Å². The minimum atomic E-state index is -0.779. The van der Waals surface area contributed by atoms with Crippen molar-refractivity contribution in [1.82, 2.24) is 9.88 Å². The number of nitrogens with one attached hydrogen (secondary N) is 1. The van der Waals surface area contributed by atoms with Crippen LogP contribution >= 0.6 is 0 Å². The Morgan fingerprint density at radius 2 is 1.91 bits per heavy atom. The summed E-state index contributed by atoms with van der Waals surface area (Å²) in [6, 6.07) is 6.15. The van der Waals surface area contributed by atoms with Gasteiger partial charge in [0.2, 0.25) is 0 Å². The topological polar surface area (TPSA) is 78.8 Å². The minimum absolute atomic E-state index is 0.0181. The molecule has 1 aromatic carbocycles. The molecule has 7 heteroatoms. The molecule has 0 saturated heterocycles. The van der Waals surface area contributed by atoms with Crippen LogP contribution in [0.2, 0.25) is 0 Å². The van der Waals surface area contributed by atoms with Gasteiger partial charge in [-0.2, -0.15) is 4.89 Å². The Balaban J connectivity index is 1.92. The van der Waals surface area contributed by atoms with Gasteiger partial charge in [0.1, 0.15) is 11.3 Å². The van der Waals surface area contributed by atoms with E-state index in [4.69, 9.17) is 4.74 Å². The summed E-state index contributed by atoms with van der Waals surface area (Å²) in [5.74, 6) is 0.0782. The average molecular weight is 471 g/mol. The van der Waals surface area contributed by atoms with E-state index < -0.39 is 5.97 Å². The summed E-state index contributed by atoms with van der Waals surface area (Å²) in [6.07, 6.45) is 6.97. The first-order valence-corrected chi connectivity index (χ1v) is 12.1. The minimum Gasteiger partial charge on any atom is -0.494 e. The van der Waals surface area contributed by atoms with Crippen molar-refractivity contribution in [2.24, 2.45) is 5.41 Å². The number of carbonyl (C=O) groups is 1. The van der Waals surface area contributed by atoms with Gasteiger partial charge in [-0.1, -0.05) is 33.6 Å². The maximum atomic E-state index is 13.1. The molecule has 34 heavy (non-hydrogen) atoms. The van der Waals surface area contributed by atoms with Crippen LogP contribution < -0.4 is 15.5 Å². The first-order chi connectivity index (χ1) is 16.2. The van der Waals surface area contributed by atoms with Crippen LogP contribution in [0.3, 0.4) is 0 Å². The van der Waals surface area contributed by atoms with Gasteiger partial charge >= 0.3 is 5.97 Å². The van der Waals surface area contributed by atoms with Crippen molar-refractivity contribution in [3.8, 4) is 17.0 Å². The Labute approximate surface area is 202 Å². The molecule has 186 valence electrons. The second-order valence-electron chi connectivity index (χ2n) is 10.1. The highest BCUT2D eigenvalue weighted by atomic mass is 17.2. The van der Waals surface area contributed by atoms with Gasteiger partial charge < -0.3 is 14.6 Å². The van der Waals surface area contributed by atoms with Crippen LogP contribution in [0.15, 0.2) is 29.2 Å². The van der Waals surface area contributed by atoms with Crippen molar-refractivity contribution in [1.29, 1.82) is 0 Å². The summed E-state index contributed by atoms with van der Waals surface area (Å²) < 4.78 is 8.13. The van der Waals surface area contributed by atoms with E-state index in [2.05, 4.69) is 46.5 Å².